The molecule has 4 N–H and O–H groups in total. The molecule has 4 atom stereocenters. The minimum atomic E-state index is -4.52. The Morgan fingerprint density at radius 1 is 1.23 bits per heavy atom. The number of aromatic nitrogens is 2. The number of methoxy groups -OCH3 is 1. The van der Waals surface area contributed by atoms with Crippen LogP contribution in [0.4, 0.5) is 24.7 Å². The molecule has 2 saturated heterocycles. The fourth-order valence-electron chi connectivity index (χ4n) is 5.85. The maximum absolute atomic E-state index is 13.6. The molecule has 0 radical (unpaired) electrons. The zero-order chi connectivity index (χ0) is 30.7. The van der Waals surface area contributed by atoms with Gasteiger partial charge in [0.2, 0.25) is 0 Å². The number of amides is 1. The molecule has 2 aliphatic heterocycles. The third-order valence-corrected chi connectivity index (χ3v) is 8.77. The molecule has 43 heavy (non-hydrogen) atoms. The van der Waals surface area contributed by atoms with E-state index in [4.69, 9.17) is 4.74 Å². The van der Waals surface area contributed by atoms with E-state index in [-0.39, 0.29) is 47.4 Å². The van der Waals surface area contributed by atoms with E-state index in [0.29, 0.717) is 40.4 Å². The number of fused-ring (bicyclic) bond motifs is 3. The summed E-state index contributed by atoms with van der Waals surface area (Å²) in [5, 5.41) is 23.2. The summed E-state index contributed by atoms with van der Waals surface area (Å²) in [6, 6.07) is 11.1. The fourth-order valence-corrected chi connectivity index (χ4v) is 6.53. The van der Waals surface area contributed by atoms with Gasteiger partial charge < -0.3 is 25.8 Å². The summed E-state index contributed by atoms with van der Waals surface area (Å²) in [7, 11) is 3.63. The Morgan fingerprint density at radius 3 is 2.77 bits per heavy atom. The lowest BCUT2D eigenvalue weighted by Gasteiger charge is -2.38. The van der Waals surface area contributed by atoms with E-state index in [2.05, 4.69) is 44.8 Å². The number of hydrogen-bond acceptors (Lipinski definition) is 8. The van der Waals surface area contributed by atoms with Crippen LogP contribution in [0.1, 0.15) is 48.7 Å². The molecule has 5 rings (SSSR count). The Hall–Kier alpha value is -3.60. The highest BCUT2D eigenvalue weighted by Gasteiger charge is 2.40. The number of ether oxygens (including phenoxy) is 1. The first-order valence-corrected chi connectivity index (χ1v) is 15.0. The van der Waals surface area contributed by atoms with Gasteiger partial charge >= 0.3 is 5.51 Å². The van der Waals surface area contributed by atoms with Crippen LogP contribution in [0.25, 0.3) is 5.52 Å². The summed E-state index contributed by atoms with van der Waals surface area (Å²) in [5.41, 5.74) is -3.33. The molecule has 1 amide bonds. The van der Waals surface area contributed by atoms with Gasteiger partial charge in [0.05, 0.1) is 35.9 Å². The number of aliphatic hydroxyl groups excluding tert-OH is 1. The number of alkyl halides is 3. The number of pyridine rings is 1. The summed E-state index contributed by atoms with van der Waals surface area (Å²) >= 11 is -0.222. The first-order chi connectivity index (χ1) is 20.5. The largest absolute Gasteiger partial charge is 0.495 e. The molecule has 2 fully saturated rings. The van der Waals surface area contributed by atoms with E-state index < -0.39 is 11.6 Å². The van der Waals surface area contributed by atoms with Crippen LogP contribution in [0.5, 0.6) is 5.75 Å². The van der Waals surface area contributed by atoms with Crippen molar-refractivity contribution in [1.82, 2.24) is 19.8 Å². The lowest BCUT2D eigenvalue weighted by molar-refractivity contribution is -0.0327. The Balaban J connectivity index is 1.38. The van der Waals surface area contributed by atoms with Gasteiger partial charge in [-0.1, -0.05) is 12.0 Å². The summed E-state index contributed by atoms with van der Waals surface area (Å²) in [6.07, 6.45) is 3.64. The average molecular weight is 617 g/mol. The lowest BCUT2D eigenvalue weighted by Crippen LogP contribution is -2.48. The molecule has 13 heteroatoms. The van der Waals surface area contributed by atoms with Gasteiger partial charge in [0.15, 0.2) is 0 Å². The van der Waals surface area contributed by atoms with Crippen molar-refractivity contribution in [3.05, 3.63) is 47.7 Å². The van der Waals surface area contributed by atoms with Crippen molar-refractivity contribution >= 4 is 34.7 Å². The second-order valence-corrected chi connectivity index (χ2v) is 11.9. The monoisotopic (exact) mass is 616 g/mol. The van der Waals surface area contributed by atoms with Crippen LogP contribution in [-0.2, 0) is 0 Å². The summed E-state index contributed by atoms with van der Waals surface area (Å²) in [4.78, 5) is 14.8. The third kappa shape index (κ3) is 7.14. The standard InChI is InChI=1S/C30H35F3N6O3S/c1-18(40)17-35-29(41)19-9-14-26(42-3)23(16-19)34-15-5-6-22-28(43-30(31,32)33)25-7-4-8-27(39(25)37-22)36-21-12-10-20-11-13-24(21)38(20)2/h4,7-9,14,16,18,20-21,24,34,36,40H,10-13,15,17H2,1-3H3,(H,35,41)/t18-,20-,21-,24-/m1/s1. The molecule has 230 valence electrons. The van der Waals surface area contributed by atoms with E-state index in [9.17, 15) is 23.1 Å². The number of rotatable bonds is 9. The molecule has 0 aliphatic carbocycles. The molecule has 0 saturated carbocycles. The zero-order valence-corrected chi connectivity index (χ0v) is 25.0. The number of nitrogens with zero attached hydrogens (tertiary/aromatic N) is 3. The number of nitrogens with one attached hydrogen (secondary N) is 3. The van der Waals surface area contributed by atoms with Crippen molar-refractivity contribution in [2.75, 3.05) is 37.9 Å². The number of anilines is 2. The molecule has 2 bridgehead atoms. The van der Waals surface area contributed by atoms with Crippen molar-refractivity contribution in [1.29, 1.82) is 0 Å². The first kappa shape index (κ1) is 30.8. The van der Waals surface area contributed by atoms with Gasteiger partial charge in [0.1, 0.15) is 17.3 Å². The van der Waals surface area contributed by atoms with Crippen LogP contribution in [0, 0.1) is 11.8 Å². The van der Waals surface area contributed by atoms with Crippen molar-refractivity contribution in [3.63, 3.8) is 0 Å². The molecule has 0 spiro atoms. The molecule has 3 aromatic rings. The van der Waals surface area contributed by atoms with E-state index in [1.54, 1.807) is 37.3 Å². The normalized spacial score (nSPS) is 20.8. The average Bonchev–Trinajstić information content (AvgIpc) is 3.42. The topological polar surface area (TPSA) is 103 Å². The Labute approximate surface area is 252 Å². The van der Waals surface area contributed by atoms with Crippen LogP contribution in [0.15, 0.2) is 41.3 Å². The molecular weight excluding hydrogens is 581 g/mol. The van der Waals surface area contributed by atoms with Gasteiger partial charge in [-0.15, -0.1) is 0 Å². The summed E-state index contributed by atoms with van der Waals surface area (Å²) < 4.78 is 47.8. The smallest absolute Gasteiger partial charge is 0.446 e. The second-order valence-electron chi connectivity index (χ2n) is 10.9. The first-order valence-electron chi connectivity index (χ1n) is 14.2. The van der Waals surface area contributed by atoms with E-state index in [1.807, 2.05) is 6.07 Å². The number of likely N-dealkylation sites (N-methyl/N-ethyl adjacent to an activating group) is 1. The number of hydrogen-bond donors (Lipinski definition) is 4. The number of benzene rings is 1. The van der Waals surface area contributed by atoms with E-state index in [0.717, 1.165) is 25.7 Å². The second kappa shape index (κ2) is 13.0. The van der Waals surface area contributed by atoms with E-state index in [1.165, 1.54) is 11.6 Å². The van der Waals surface area contributed by atoms with Crippen molar-refractivity contribution < 1.29 is 27.8 Å². The van der Waals surface area contributed by atoms with Gasteiger partial charge in [-0.2, -0.15) is 18.3 Å². The molecule has 2 aromatic heterocycles. The Kier molecular flexibility index (Phi) is 9.29. The van der Waals surface area contributed by atoms with E-state index >= 15 is 0 Å². The molecule has 0 unspecified atom stereocenters. The highest BCUT2D eigenvalue weighted by atomic mass is 32.2. The molecule has 4 heterocycles. The molecule has 9 nitrogen and oxygen atoms in total. The van der Waals surface area contributed by atoms with Crippen LogP contribution in [0.3, 0.4) is 0 Å². The lowest BCUT2D eigenvalue weighted by atomic mass is 9.98. The van der Waals surface area contributed by atoms with Crippen molar-refractivity contribution in [2.45, 2.75) is 67.2 Å². The number of carbonyl (C=O) groups excluding carboxylic acids is 1. The van der Waals surface area contributed by atoms with Crippen molar-refractivity contribution in [2.24, 2.45) is 0 Å². The maximum Gasteiger partial charge on any atom is 0.446 e. The van der Waals surface area contributed by atoms with Gasteiger partial charge in [0.25, 0.3) is 5.91 Å². The van der Waals surface area contributed by atoms with Crippen molar-refractivity contribution in [3.8, 4) is 17.6 Å². The number of aliphatic hydroxyl groups is 1. The number of carbonyl (C=O) groups is 1. The molecular formula is C30H35F3N6O3S. The van der Waals surface area contributed by atoms with Crippen LogP contribution in [0.2, 0.25) is 0 Å². The highest BCUT2D eigenvalue weighted by molar-refractivity contribution is 8.00. The molecule has 2 aliphatic rings. The van der Waals surface area contributed by atoms with Gasteiger partial charge in [-0.05, 0) is 87.7 Å². The SMILES string of the molecule is COc1ccc(C(=O)NC[C@@H](C)O)cc1NCC#Cc1nn2c(N[C@@H]3CC[C@@H]4CC[C@H]3N4C)cccc2c1SC(F)(F)F. The van der Waals surface area contributed by atoms with Gasteiger partial charge in [0, 0.05) is 30.2 Å². The van der Waals surface area contributed by atoms with Gasteiger partial charge in [-0.25, -0.2) is 4.52 Å². The number of thioether (sulfide) groups is 1. The maximum atomic E-state index is 13.6. The Bertz CT molecular complexity index is 1530. The number of halogens is 3. The van der Waals surface area contributed by atoms with Crippen LogP contribution >= 0.6 is 11.8 Å². The van der Waals surface area contributed by atoms with Crippen LogP contribution in [-0.4, -0.2) is 82.5 Å². The third-order valence-electron chi connectivity index (χ3n) is 7.93. The minimum Gasteiger partial charge on any atom is -0.495 e. The Morgan fingerprint density at radius 2 is 2.02 bits per heavy atom. The highest BCUT2D eigenvalue weighted by Crippen LogP contribution is 2.41. The van der Waals surface area contributed by atoms with Crippen LogP contribution < -0.4 is 20.7 Å². The molecule has 1 aromatic carbocycles. The van der Waals surface area contributed by atoms with Gasteiger partial charge in [-0.3, -0.25) is 9.69 Å². The fraction of sp³-hybridized carbons (Fsp3) is 0.467. The zero-order valence-electron chi connectivity index (χ0n) is 24.2. The summed E-state index contributed by atoms with van der Waals surface area (Å²) in [6.45, 7) is 1.73. The predicted molar refractivity (Wildman–Crippen MR) is 161 cm³/mol. The quantitative estimate of drug-likeness (QED) is 0.205. The predicted octanol–water partition coefficient (Wildman–Crippen LogP) is 4.57. The summed E-state index contributed by atoms with van der Waals surface area (Å²) in [5.74, 6) is 6.42. The number of piperidine rings is 1. The minimum absolute atomic E-state index is 0.0262.